The Morgan fingerprint density at radius 1 is 0.875 bits per heavy atom. The number of hydrogen-bond acceptors (Lipinski definition) is 2. The second-order valence-corrected chi connectivity index (χ2v) is 11.5. The maximum absolute atomic E-state index is 14.2. The van der Waals surface area contributed by atoms with Gasteiger partial charge in [-0.25, -0.2) is 0 Å². The van der Waals surface area contributed by atoms with Crippen LogP contribution in [0.15, 0.2) is 42.5 Å². The molecular weight excluding hydrogens is 394 g/mol. The van der Waals surface area contributed by atoms with Crippen LogP contribution in [0.1, 0.15) is 74.5 Å². The number of carbonyl (C=O) groups is 1. The van der Waals surface area contributed by atoms with Crippen molar-refractivity contribution in [3.8, 4) is 16.9 Å². The van der Waals surface area contributed by atoms with Crippen molar-refractivity contribution in [3.05, 3.63) is 53.6 Å². The highest BCUT2D eigenvalue weighted by Crippen LogP contribution is 2.62. The summed E-state index contributed by atoms with van der Waals surface area (Å²) >= 11 is 0. The standard InChI is InChI=1S/C29H33NO2/c1-32-24-5-2-21(3-6-24)22-4-7-25-23-8-9-30(27(14-23)26(25)13-22)28(31)29-15-18-10-19(16-29)12-20(11-18)17-29/h2-7,13,18-20,23,27H,8-12,14-17H2,1H3/t18?,19?,20?,23?,27-,29?/m1/s1. The average molecular weight is 428 g/mol. The third kappa shape index (κ3) is 2.75. The van der Waals surface area contributed by atoms with Crippen molar-refractivity contribution in [2.45, 2.75) is 63.3 Å². The highest BCUT2D eigenvalue weighted by atomic mass is 16.5. The van der Waals surface area contributed by atoms with E-state index in [0.29, 0.717) is 11.8 Å². The smallest absolute Gasteiger partial charge is 0.229 e. The van der Waals surface area contributed by atoms with Gasteiger partial charge in [0.25, 0.3) is 0 Å². The lowest BCUT2D eigenvalue weighted by Gasteiger charge is -2.57. The van der Waals surface area contributed by atoms with Gasteiger partial charge in [-0.3, -0.25) is 4.79 Å². The SMILES string of the molecule is COc1ccc(-c2ccc3c(c2)[C@H]2CC3CCN2C(=O)C23CC4CC(CC(C4)C2)C3)cc1. The Kier molecular flexibility index (Phi) is 4.11. The van der Waals surface area contributed by atoms with Crippen LogP contribution in [0.4, 0.5) is 0 Å². The summed E-state index contributed by atoms with van der Waals surface area (Å²) in [6.07, 6.45) is 9.95. The Labute approximate surface area is 191 Å². The molecule has 6 aliphatic rings. The monoisotopic (exact) mass is 427 g/mol. The lowest BCUT2D eigenvalue weighted by molar-refractivity contribution is -0.161. The summed E-state index contributed by atoms with van der Waals surface area (Å²) in [5, 5.41) is 0. The van der Waals surface area contributed by atoms with E-state index in [4.69, 9.17) is 4.74 Å². The Bertz CT molecular complexity index is 1040. The van der Waals surface area contributed by atoms with Crippen molar-refractivity contribution in [2.24, 2.45) is 23.2 Å². The van der Waals surface area contributed by atoms with Crippen LogP contribution < -0.4 is 4.74 Å². The summed E-state index contributed by atoms with van der Waals surface area (Å²) in [6.45, 7) is 0.947. The Hall–Kier alpha value is -2.29. The second-order valence-electron chi connectivity index (χ2n) is 11.5. The molecule has 0 radical (unpaired) electrons. The molecule has 2 aromatic carbocycles. The van der Waals surface area contributed by atoms with Crippen LogP contribution in [0, 0.1) is 23.2 Å². The topological polar surface area (TPSA) is 29.5 Å². The van der Waals surface area contributed by atoms with Crippen LogP contribution >= 0.6 is 0 Å². The predicted molar refractivity (Wildman–Crippen MR) is 125 cm³/mol. The number of fused-ring (bicyclic) bond motifs is 5. The number of nitrogens with zero attached hydrogens (tertiary/aromatic N) is 1. The molecule has 166 valence electrons. The normalized spacial score (nSPS) is 36.3. The van der Waals surface area contributed by atoms with Crippen molar-refractivity contribution in [1.29, 1.82) is 0 Å². The van der Waals surface area contributed by atoms with Crippen molar-refractivity contribution in [1.82, 2.24) is 4.90 Å². The maximum atomic E-state index is 14.2. The first kappa shape index (κ1) is 19.2. The van der Waals surface area contributed by atoms with Crippen molar-refractivity contribution in [2.75, 3.05) is 13.7 Å². The molecule has 3 nitrogen and oxygen atoms in total. The summed E-state index contributed by atoms with van der Waals surface area (Å²) in [5.41, 5.74) is 5.35. The fourth-order valence-electron chi connectivity index (χ4n) is 8.66. The molecule has 5 fully saturated rings. The third-order valence-electron chi connectivity index (χ3n) is 9.66. The zero-order valence-corrected chi connectivity index (χ0v) is 19.1. The van der Waals surface area contributed by atoms with Crippen LogP contribution in [-0.4, -0.2) is 24.5 Å². The number of methoxy groups -OCH3 is 1. The van der Waals surface area contributed by atoms with Gasteiger partial charge in [0, 0.05) is 6.54 Å². The van der Waals surface area contributed by atoms with E-state index in [1.807, 2.05) is 12.1 Å². The molecule has 0 aromatic heterocycles. The molecule has 2 atom stereocenters. The number of piperidine rings is 1. The van der Waals surface area contributed by atoms with Gasteiger partial charge in [-0.05, 0) is 115 Å². The molecule has 3 heteroatoms. The number of ether oxygens (including phenoxy) is 1. The van der Waals surface area contributed by atoms with Crippen LogP contribution in [0.5, 0.6) is 5.75 Å². The highest BCUT2D eigenvalue weighted by molar-refractivity contribution is 5.84. The Morgan fingerprint density at radius 3 is 2.19 bits per heavy atom. The van der Waals surface area contributed by atoms with E-state index in [-0.39, 0.29) is 11.5 Å². The quantitative estimate of drug-likeness (QED) is 0.572. The van der Waals surface area contributed by atoms with Crippen LogP contribution in [0.3, 0.4) is 0 Å². The van der Waals surface area contributed by atoms with E-state index in [9.17, 15) is 4.79 Å². The average Bonchev–Trinajstić information content (AvgIpc) is 3.09. The van der Waals surface area contributed by atoms with Gasteiger partial charge >= 0.3 is 0 Å². The van der Waals surface area contributed by atoms with Gasteiger partial charge in [0.2, 0.25) is 5.91 Å². The van der Waals surface area contributed by atoms with Crippen molar-refractivity contribution in [3.63, 3.8) is 0 Å². The number of benzene rings is 2. The summed E-state index contributed by atoms with van der Waals surface area (Å²) in [7, 11) is 1.71. The van der Waals surface area contributed by atoms with Gasteiger partial charge in [0.05, 0.1) is 18.6 Å². The van der Waals surface area contributed by atoms with E-state index in [1.165, 1.54) is 60.8 Å². The second kappa shape index (κ2) is 6.85. The van der Waals surface area contributed by atoms with Gasteiger partial charge in [-0.2, -0.15) is 0 Å². The fraction of sp³-hybridized carbons (Fsp3) is 0.552. The number of hydrogen-bond donors (Lipinski definition) is 0. The minimum atomic E-state index is -0.0298. The Morgan fingerprint density at radius 2 is 1.53 bits per heavy atom. The molecular formula is C29H33NO2. The number of amides is 1. The lowest BCUT2D eigenvalue weighted by Crippen LogP contribution is -2.55. The minimum Gasteiger partial charge on any atom is -0.497 e. The molecule has 1 amide bonds. The summed E-state index contributed by atoms with van der Waals surface area (Å²) in [4.78, 5) is 16.5. The molecule has 0 spiro atoms. The van der Waals surface area contributed by atoms with E-state index < -0.39 is 0 Å². The number of likely N-dealkylation sites (tertiary alicyclic amines) is 1. The maximum Gasteiger partial charge on any atom is 0.229 e. The Balaban J connectivity index is 1.21. The molecule has 0 N–H and O–H groups in total. The number of rotatable bonds is 3. The molecule has 6 bridgehead atoms. The molecule has 1 saturated heterocycles. The van der Waals surface area contributed by atoms with Gasteiger partial charge in [-0.1, -0.05) is 24.3 Å². The molecule has 1 heterocycles. The predicted octanol–water partition coefficient (Wildman–Crippen LogP) is 6.34. The number of carbonyl (C=O) groups excluding carboxylic acids is 1. The molecule has 1 aliphatic heterocycles. The van der Waals surface area contributed by atoms with Crippen molar-refractivity contribution < 1.29 is 9.53 Å². The first-order valence-electron chi connectivity index (χ1n) is 12.7. The zero-order valence-electron chi connectivity index (χ0n) is 19.1. The van der Waals surface area contributed by atoms with Gasteiger partial charge < -0.3 is 9.64 Å². The largest absolute Gasteiger partial charge is 0.497 e. The molecule has 5 aliphatic carbocycles. The summed E-state index contributed by atoms with van der Waals surface area (Å²) in [6, 6.07) is 15.6. The summed E-state index contributed by atoms with van der Waals surface area (Å²) in [5.74, 6) is 4.49. The molecule has 32 heavy (non-hydrogen) atoms. The molecule has 1 unspecified atom stereocenters. The van der Waals surface area contributed by atoms with Gasteiger partial charge in [-0.15, -0.1) is 0 Å². The van der Waals surface area contributed by atoms with Crippen LogP contribution in [0.25, 0.3) is 11.1 Å². The zero-order chi connectivity index (χ0) is 21.4. The molecule has 4 saturated carbocycles. The lowest BCUT2D eigenvalue weighted by atomic mass is 9.49. The molecule has 2 aromatic rings. The van der Waals surface area contributed by atoms with Gasteiger partial charge in [0.15, 0.2) is 0 Å². The van der Waals surface area contributed by atoms with E-state index in [0.717, 1.165) is 42.9 Å². The highest BCUT2D eigenvalue weighted by Gasteiger charge is 2.57. The third-order valence-corrected chi connectivity index (χ3v) is 9.66. The van der Waals surface area contributed by atoms with E-state index in [1.54, 1.807) is 7.11 Å². The summed E-state index contributed by atoms with van der Waals surface area (Å²) < 4.78 is 5.33. The first-order valence-corrected chi connectivity index (χ1v) is 12.7. The molecule has 8 rings (SSSR count). The minimum absolute atomic E-state index is 0.0298. The van der Waals surface area contributed by atoms with E-state index in [2.05, 4.69) is 35.2 Å². The van der Waals surface area contributed by atoms with Crippen LogP contribution in [0.2, 0.25) is 0 Å². The van der Waals surface area contributed by atoms with Gasteiger partial charge in [0.1, 0.15) is 5.75 Å². The van der Waals surface area contributed by atoms with Crippen LogP contribution in [-0.2, 0) is 4.79 Å². The fourth-order valence-corrected chi connectivity index (χ4v) is 8.66. The first-order chi connectivity index (χ1) is 15.6. The van der Waals surface area contributed by atoms with E-state index >= 15 is 0 Å². The van der Waals surface area contributed by atoms with Crippen molar-refractivity contribution >= 4 is 5.91 Å².